The van der Waals surface area contributed by atoms with Crippen molar-refractivity contribution in [3.8, 4) is 0 Å². The lowest BCUT2D eigenvalue weighted by Crippen LogP contribution is -2.39. The van der Waals surface area contributed by atoms with Crippen LogP contribution in [0, 0.1) is 10.1 Å². The van der Waals surface area contributed by atoms with Gasteiger partial charge >= 0.3 is 0 Å². The number of amides is 2. The molecule has 27 heavy (non-hydrogen) atoms. The summed E-state index contributed by atoms with van der Waals surface area (Å²) in [5.74, 6) is -0.805. The second kappa shape index (κ2) is 8.83. The molecule has 0 aliphatic rings. The minimum atomic E-state index is -0.491. The first kappa shape index (κ1) is 20.7. The number of carbonyl (C=O) groups excluding carboxylic acids is 2. The third-order valence-corrected chi connectivity index (χ3v) is 4.86. The maximum absolute atomic E-state index is 12.4. The molecule has 7 nitrogen and oxygen atoms in total. The molecule has 0 saturated heterocycles. The van der Waals surface area contributed by atoms with Crippen LogP contribution in [0.2, 0.25) is 10.0 Å². The highest BCUT2D eigenvalue weighted by molar-refractivity contribution is 6.42. The van der Waals surface area contributed by atoms with E-state index in [0.717, 1.165) is 0 Å². The van der Waals surface area contributed by atoms with Crippen LogP contribution >= 0.6 is 23.2 Å². The van der Waals surface area contributed by atoms with Gasteiger partial charge in [-0.15, -0.1) is 0 Å². The Kier molecular flexibility index (Phi) is 6.76. The molecule has 0 radical (unpaired) electrons. The van der Waals surface area contributed by atoms with Crippen LogP contribution in [0.25, 0.3) is 0 Å². The van der Waals surface area contributed by atoms with E-state index in [1.807, 2.05) is 0 Å². The molecule has 2 aromatic rings. The van der Waals surface area contributed by atoms with Crippen LogP contribution in [0.1, 0.15) is 28.9 Å². The van der Waals surface area contributed by atoms with Crippen molar-refractivity contribution in [3.63, 3.8) is 0 Å². The topological polar surface area (TPSA) is 92.6 Å². The summed E-state index contributed by atoms with van der Waals surface area (Å²) in [4.78, 5) is 36.3. The number of nitro benzene ring substituents is 1. The van der Waals surface area contributed by atoms with Crippen molar-refractivity contribution in [2.75, 3.05) is 13.6 Å². The van der Waals surface area contributed by atoms with Gasteiger partial charge in [0, 0.05) is 24.7 Å². The minimum Gasteiger partial charge on any atom is -0.343 e. The van der Waals surface area contributed by atoms with Crippen molar-refractivity contribution < 1.29 is 14.5 Å². The van der Waals surface area contributed by atoms with Crippen LogP contribution in [-0.4, -0.2) is 35.2 Å². The molecule has 0 bridgehead atoms. The van der Waals surface area contributed by atoms with Gasteiger partial charge in [0.05, 0.1) is 27.6 Å². The third-order valence-electron chi connectivity index (χ3n) is 4.12. The summed E-state index contributed by atoms with van der Waals surface area (Å²) >= 11 is 11.7. The highest BCUT2D eigenvalue weighted by Gasteiger charge is 2.20. The number of benzene rings is 2. The van der Waals surface area contributed by atoms with Crippen LogP contribution in [0.3, 0.4) is 0 Å². The maximum atomic E-state index is 12.4. The standard InChI is InChI=1S/C18H17Cl2N3O4/c1-11(12-4-3-5-14(8-12)23(26)27)22(2)17(24)10-21-18(25)13-6-7-15(19)16(20)9-13/h3-9,11H,10H2,1-2H3,(H,21,25)/t11-/m0/s1. The molecule has 0 unspecified atom stereocenters. The Bertz CT molecular complexity index is 889. The lowest BCUT2D eigenvalue weighted by Gasteiger charge is -2.25. The predicted molar refractivity (Wildman–Crippen MR) is 103 cm³/mol. The first-order valence-electron chi connectivity index (χ1n) is 7.94. The van der Waals surface area contributed by atoms with E-state index < -0.39 is 16.9 Å². The number of halogens is 2. The van der Waals surface area contributed by atoms with E-state index in [0.29, 0.717) is 10.6 Å². The van der Waals surface area contributed by atoms with Gasteiger partial charge in [-0.05, 0) is 30.7 Å². The number of hydrogen-bond acceptors (Lipinski definition) is 4. The lowest BCUT2D eigenvalue weighted by molar-refractivity contribution is -0.384. The molecule has 142 valence electrons. The number of nitrogens with one attached hydrogen (secondary N) is 1. The summed E-state index contributed by atoms with van der Waals surface area (Å²) in [5.41, 5.74) is 0.857. The number of nitrogens with zero attached hydrogens (tertiary/aromatic N) is 2. The molecule has 2 aromatic carbocycles. The number of likely N-dealkylation sites (N-methyl/N-ethyl adjacent to an activating group) is 1. The Morgan fingerprint density at radius 3 is 2.52 bits per heavy atom. The molecular weight excluding hydrogens is 393 g/mol. The fourth-order valence-corrected chi connectivity index (χ4v) is 2.66. The van der Waals surface area contributed by atoms with E-state index in [4.69, 9.17) is 23.2 Å². The van der Waals surface area contributed by atoms with Crippen LogP contribution in [-0.2, 0) is 4.79 Å². The van der Waals surface area contributed by atoms with Crippen molar-refractivity contribution >= 4 is 40.7 Å². The molecular formula is C18H17Cl2N3O4. The van der Waals surface area contributed by atoms with Gasteiger partial charge < -0.3 is 10.2 Å². The SMILES string of the molecule is C[C@@H](c1cccc([N+](=O)[O-])c1)N(C)C(=O)CNC(=O)c1ccc(Cl)c(Cl)c1. The average molecular weight is 410 g/mol. The molecule has 0 saturated carbocycles. The largest absolute Gasteiger partial charge is 0.343 e. The molecule has 0 spiro atoms. The summed E-state index contributed by atoms with van der Waals surface area (Å²) in [7, 11) is 1.57. The number of nitro groups is 1. The number of non-ortho nitro benzene ring substituents is 1. The van der Waals surface area contributed by atoms with Crippen molar-refractivity contribution in [1.29, 1.82) is 0 Å². The molecule has 0 aromatic heterocycles. The van der Waals surface area contributed by atoms with Gasteiger partial charge in [0.15, 0.2) is 0 Å². The van der Waals surface area contributed by atoms with Crippen LogP contribution in [0.4, 0.5) is 5.69 Å². The van der Waals surface area contributed by atoms with Crippen LogP contribution in [0.5, 0.6) is 0 Å². The molecule has 2 rings (SSSR count). The Labute approximate surface area is 166 Å². The van der Waals surface area contributed by atoms with E-state index in [2.05, 4.69) is 5.32 Å². The molecule has 1 N–H and O–H groups in total. The molecule has 0 aliphatic heterocycles. The summed E-state index contributed by atoms with van der Waals surface area (Å²) in [6.07, 6.45) is 0. The summed E-state index contributed by atoms with van der Waals surface area (Å²) < 4.78 is 0. The van der Waals surface area contributed by atoms with Crippen molar-refractivity contribution in [2.24, 2.45) is 0 Å². The van der Waals surface area contributed by atoms with E-state index >= 15 is 0 Å². The van der Waals surface area contributed by atoms with Gasteiger partial charge in [0.25, 0.3) is 11.6 Å². The van der Waals surface area contributed by atoms with Gasteiger partial charge in [-0.3, -0.25) is 19.7 Å². The quantitative estimate of drug-likeness (QED) is 0.578. The number of rotatable bonds is 6. The zero-order valence-electron chi connectivity index (χ0n) is 14.6. The second-order valence-corrected chi connectivity index (χ2v) is 6.66. The van der Waals surface area contributed by atoms with Crippen molar-refractivity contribution in [2.45, 2.75) is 13.0 Å². The molecule has 0 fully saturated rings. The van der Waals surface area contributed by atoms with E-state index in [9.17, 15) is 19.7 Å². The molecule has 9 heteroatoms. The Balaban J connectivity index is 2.00. The monoisotopic (exact) mass is 409 g/mol. The van der Waals surface area contributed by atoms with Gasteiger partial charge in [-0.1, -0.05) is 35.3 Å². The maximum Gasteiger partial charge on any atom is 0.269 e. The van der Waals surface area contributed by atoms with E-state index in [-0.39, 0.29) is 28.7 Å². The molecule has 0 heterocycles. The third kappa shape index (κ3) is 5.18. The van der Waals surface area contributed by atoms with Crippen LogP contribution in [0.15, 0.2) is 42.5 Å². The average Bonchev–Trinajstić information content (AvgIpc) is 2.66. The highest BCUT2D eigenvalue weighted by Crippen LogP contribution is 2.24. The fourth-order valence-electron chi connectivity index (χ4n) is 2.36. The summed E-state index contributed by atoms with van der Waals surface area (Å²) in [5, 5.41) is 14.0. The summed E-state index contributed by atoms with van der Waals surface area (Å²) in [6.45, 7) is 1.52. The first-order valence-corrected chi connectivity index (χ1v) is 8.69. The Morgan fingerprint density at radius 2 is 1.89 bits per heavy atom. The number of carbonyl (C=O) groups is 2. The molecule has 2 amide bonds. The van der Waals surface area contributed by atoms with Gasteiger partial charge in [0.2, 0.25) is 5.91 Å². The normalized spacial score (nSPS) is 11.6. The molecule has 1 atom stereocenters. The van der Waals surface area contributed by atoms with E-state index in [1.165, 1.54) is 35.2 Å². The predicted octanol–water partition coefficient (Wildman–Crippen LogP) is 3.85. The Hall–Kier alpha value is -2.64. The van der Waals surface area contributed by atoms with E-state index in [1.54, 1.807) is 26.1 Å². The highest BCUT2D eigenvalue weighted by atomic mass is 35.5. The lowest BCUT2D eigenvalue weighted by atomic mass is 10.1. The smallest absolute Gasteiger partial charge is 0.269 e. The molecule has 0 aliphatic carbocycles. The summed E-state index contributed by atoms with van der Waals surface area (Å²) in [6, 6.07) is 10.1. The second-order valence-electron chi connectivity index (χ2n) is 5.84. The zero-order chi connectivity index (χ0) is 20.1. The van der Waals surface area contributed by atoms with Crippen molar-refractivity contribution in [3.05, 3.63) is 73.8 Å². The van der Waals surface area contributed by atoms with Crippen molar-refractivity contribution in [1.82, 2.24) is 10.2 Å². The Morgan fingerprint density at radius 1 is 1.19 bits per heavy atom. The first-order chi connectivity index (χ1) is 12.7. The van der Waals surface area contributed by atoms with Gasteiger partial charge in [0.1, 0.15) is 0 Å². The minimum absolute atomic E-state index is 0.0480. The van der Waals surface area contributed by atoms with Crippen LogP contribution < -0.4 is 5.32 Å². The number of hydrogen-bond donors (Lipinski definition) is 1. The zero-order valence-corrected chi connectivity index (χ0v) is 16.1. The van der Waals surface area contributed by atoms with Gasteiger partial charge in [-0.25, -0.2) is 0 Å². The van der Waals surface area contributed by atoms with Gasteiger partial charge in [-0.2, -0.15) is 0 Å². The fraction of sp³-hybridized carbons (Fsp3) is 0.222.